The number of likely N-dealkylation sites (N-methyl/N-ethyl adjacent to an activating group) is 1. The fourth-order valence-electron chi connectivity index (χ4n) is 3.26. The van der Waals surface area contributed by atoms with E-state index in [1.54, 1.807) is 23.7 Å². The molecule has 4 rings (SSSR count). The van der Waals surface area contributed by atoms with Crippen LogP contribution in [0.15, 0.2) is 70.0 Å². The predicted molar refractivity (Wildman–Crippen MR) is 113 cm³/mol. The van der Waals surface area contributed by atoms with Gasteiger partial charge in [-0.2, -0.15) is 11.3 Å². The molecule has 4 aromatic rings. The molecule has 142 valence electrons. The molecule has 3 aromatic heterocycles. The number of thiophene rings is 1. The topological polar surface area (TPSA) is 58.4 Å². The Balaban J connectivity index is 1.65. The first-order valence-corrected chi connectivity index (χ1v) is 9.98. The van der Waals surface area contributed by atoms with E-state index >= 15 is 0 Å². The van der Waals surface area contributed by atoms with E-state index in [9.17, 15) is 4.79 Å². The summed E-state index contributed by atoms with van der Waals surface area (Å²) in [6.07, 6.45) is 1.61. The standard InChI is InChI=1S/C22H21N3O2S/c1-25(2)20(15-9-11-28-14-15)13-23-22(26)17-12-19(21-8-5-10-27-21)24-18-7-4-3-6-16(17)18/h3-12,14,20H,13H2,1-2H3,(H,23,26). The lowest BCUT2D eigenvalue weighted by Crippen LogP contribution is -2.34. The van der Waals surface area contributed by atoms with E-state index in [1.807, 2.05) is 50.5 Å². The van der Waals surface area contributed by atoms with Gasteiger partial charge in [-0.15, -0.1) is 0 Å². The number of hydrogen-bond acceptors (Lipinski definition) is 5. The van der Waals surface area contributed by atoms with Crippen LogP contribution in [-0.2, 0) is 0 Å². The van der Waals surface area contributed by atoms with Crippen LogP contribution in [0, 0.1) is 0 Å². The van der Waals surface area contributed by atoms with E-state index in [4.69, 9.17) is 4.42 Å². The van der Waals surface area contributed by atoms with Crippen LogP contribution in [0.3, 0.4) is 0 Å². The molecule has 3 heterocycles. The maximum absolute atomic E-state index is 13.1. The number of amides is 1. The Hall–Kier alpha value is -2.96. The highest BCUT2D eigenvalue weighted by Gasteiger charge is 2.19. The fraction of sp³-hybridized carbons (Fsp3) is 0.182. The first kappa shape index (κ1) is 18.4. The molecule has 1 unspecified atom stereocenters. The van der Waals surface area contributed by atoms with Crippen molar-refractivity contribution < 1.29 is 9.21 Å². The summed E-state index contributed by atoms with van der Waals surface area (Å²) < 4.78 is 5.48. The third-order valence-corrected chi connectivity index (χ3v) is 5.44. The lowest BCUT2D eigenvalue weighted by Gasteiger charge is -2.24. The van der Waals surface area contributed by atoms with E-state index < -0.39 is 0 Å². The predicted octanol–water partition coefficient (Wildman–Crippen LogP) is 4.59. The van der Waals surface area contributed by atoms with E-state index in [1.165, 1.54) is 5.56 Å². The Morgan fingerprint density at radius 3 is 2.79 bits per heavy atom. The fourth-order valence-corrected chi connectivity index (χ4v) is 3.97. The number of aromatic nitrogens is 1. The van der Waals surface area contributed by atoms with Crippen molar-refractivity contribution in [1.82, 2.24) is 15.2 Å². The molecule has 28 heavy (non-hydrogen) atoms. The summed E-state index contributed by atoms with van der Waals surface area (Å²) in [4.78, 5) is 19.8. The maximum Gasteiger partial charge on any atom is 0.252 e. The van der Waals surface area contributed by atoms with Gasteiger partial charge in [0.2, 0.25) is 0 Å². The van der Waals surface area contributed by atoms with E-state index in [0.29, 0.717) is 23.6 Å². The molecule has 0 aliphatic rings. The van der Waals surface area contributed by atoms with Gasteiger partial charge in [-0.25, -0.2) is 4.98 Å². The highest BCUT2D eigenvalue weighted by molar-refractivity contribution is 7.08. The first-order chi connectivity index (χ1) is 13.6. The number of pyridine rings is 1. The van der Waals surface area contributed by atoms with E-state index in [2.05, 4.69) is 32.0 Å². The zero-order chi connectivity index (χ0) is 19.5. The third-order valence-electron chi connectivity index (χ3n) is 4.74. The molecule has 5 nitrogen and oxygen atoms in total. The number of nitrogens with one attached hydrogen (secondary N) is 1. The van der Waals surface area contributed by atoms with Gasteiger partial charge in [-0.1, -0.05) is 18.2 Å². The minimum absolute atomic E-state index is 0.117. The molecule has 6 heteroatoms. The Bertz CT molecular complexity index is 1070. The van der Waals surface area contributed by atoms with Gasteiger partial charge in [0, 0.05) is 11.9 Å². The zero-order valence-corrected chi connectivity index (χ0v) is 16.6. The minimum Gasteiger partial charge on any atom is -0.463 e. The van der Waals surface area contributed by atoms with Crippen molar-refractivity contribution in [3.8, 4) is 11.5 Å². The van der Waals surface area contributed by atoms with E-state index in [-0.39, 0.29) is 11.9 Å². The minimum atomic E-state index is -0.117. The Morgan fingerprint density at radius 1 is 1.21 bits per heavy atom. The average Bonchev–Trinajstić information content (AvgIpc) is 3.41. The molecule has 1 amide bonds. The molecule has 0 aliphatic heterocycles. The van der Waals surface area contributed by atoms with Crippen molar-refractivity contribution in [3.05, 3.63) is 76.7 Å². The average molecular weight is 391 g/mol. The van der Waals surface area contributed by atoms with Crippen LogP contribution in [0.25, 0.3) is 22.4 Å². The van der Waals surface area contributed by atoms with Gasteiger partial charge in [-0.3, -0.25) is 4.79 Å². The second-order valence-corrected chi connectivity index (χ2v) is 7.58. The highest BCUT2D eigenvalue weighted by Crippen LogP contribution is 2.26. The van der Waals surface area contributed by atoms with Crippen LogP contribution >= 0.6 is 11.3 Å². The lowest BCUT2D eigenvalue weighted by atomic mass is 10.1. The summed E-state index contributed by atoms with van der Waals surface area (Å²) in [5, 5.41) is 8.10. The van der Waals surface area contributed by atoms with Crippen molar-refractivity contribution in [2.75, 3.05) is 20.6 Å². The smallest absolute Gasteiger partial charge is 0.252 e. The van der Waals surface area contributed by atoms with Crippen molar-refractivity contribution in [1.29, 1.82) is 0 Å². The molecule has 0 aliphatic carbocycles. The number of furan rings is 1. The normalized spacial score (nSPS) is 12.4. The molecule has 0 radical (unpaired) electrons. The van der Waals surface area contributed by atoms with Crippen LogP contribution in [0.2, 0.25) is 0 Å². The van der Waals surface area contributed by atoms with Crippen molar-refractivity contribution in [2.24, 2.45) is 0 Å². The summed E-state index contributed by atoms with van der Waals surface area (Å²) in [6.45, 7) is 0.523. The van der Waals surface area contributed by atoms with Gasteiger partial charge >= 0.3 is 0 Å². The quantitative estimate of drug-likeness (QED) is 0.522. The maximum atomic E-state index is 13.1. The van der Waals surface area contributed by atoms with Gasteiger partial charge in [0.05, 0.1) is 23.4 Å². The molecule has 1 N–H and O–H groups in total. The number of nitrogens with zero attached hydrogens (tertiary/aromatic N) is 2. The summed E-state index contributed by atoms with van der Waals surface area (Å²) >= 11 is 1.66. The molecule has 0 bridgehead atoms. The molecule has 0 saturated carbocycles. The van der Waals surface area contributed by atoms with Crippen LogP contribution in [-0.4, -0.2) is 36.4 Å². The number of carbonyl (C=O) groups is 1. The Morgan fingerprint density at radius 2 is 2.07 bits per heavy atom. The largest absolute Gasteiger partial charge is 0.463 e. The Kier molecular flexibility index (Phi) is 5.23. The number of para-hydroxylation sites is 1. The van der Waals surface area contributed by atoms with Gasteiger partial charge < -0.3 is 14.6 Å². The zero-order valence-electron chi connectivity index (χ0n) is 15.8. The molecular weight excluding hydrogens is 370 g/mol. The second-order valence-electron chi connectivity index (χ2n) is 6.80. The number of carbonyl (C=O) groups excluding carboxylic acids is 1. The van der Waals surface area contributed by atoms with Crippen LogP contribution in [0.1, 0.15) is 22.0 Å². The van der Waals surface area contributed by atoms with Crippen LogP contribution < -0.4 is 5.32 Å². The highest BCUT2D eigenvalue weighted by atomic mass is 32.1. The van der Waals surface area contributed by atoms with Crippen LogP contribution in [0.4, 0.5) is 0 Å². The number of fused-ring (bicyclic) bond motifs is 1. The summed E-state index contributed by atoms with van der Waals surface area (Å²) in [5.41, 5.74) is 3.21. The van der Waals surface area contributed by atoms with Crippen molar-refractivity contribution in [3.63, 3.8) is 0 Å². The monoisotopic (exact) mass is 391 g/mol. The Labute approximate surface area is 167 Å². The molecule has 1 aromatic carbocycles. The van der Waals surface area contributed by atoms with Gasteiger partial charge in [0.15, 0.2) is 5.76 Å². The van der Waals surface area contributed by atoms with Crippen molar-refractivity contribution >= 4 is 28.1 Å². The first-order valence-electron chi connectivity index (χ1n) is 9.04. The lowest BCUT2D eigenvalue weighted by molar-refractivity contribution is 0.0943. The summed E-state index contributed by atoms with van der Waals surface area (Å²) in [7, 11) is 4.04. The molecular formula is C22H21N3O2S. The van der Waals surface area contributed by atoms with Crippen molar-refractivity contribution in [2.45, 2.75) is 6.04 Å². The van der Waals surface area contributed by atoms with Gasteiger partial charge in [0.1, 0.15) is 5.69 Å². The summed E-state index contributed by atoms with van der Waals surface area (Å²) in [6, 6.07) is 15.3. The third kappa shape index (κ3) is 3.69. The molecule has 1 atom stereocenters. The second kappa shape index (κ2) is 7.96. The van der Waals surface area contributed by atoms with Crippen LogP contribution in [0.5, 0.6) is 0 Å². The number of rotatable bonds is 6. The number of benzene rings is 1. The molecule has 0 fully saturated rings. The van der Waals surface area contributed by atoms with Gasteiger partial charge in [-0.05, 0) is 60.8 Å². The SMILES string of the molecule is CN(C)C(CNC(=O)c1cc(-c2ccco2)nc2ccccc12)c1ccsc1. The molecule has 0 saturated heterocycles. The number of hydrogen-bond donors (Lipinski definition) is 1. The van der Waals surface area contributed by atoms with E-state index in [0.717, 1.165) is 10.9 Å². The molecule has 0 spiro atoms. The summed E-state index contributed by atoms with van der Waals surface area (Å²) in [5.74, 6) is 0.526. The van der Waals surface area contributed by atoms with Gasteiger partial charge in [0.25, 0.3) is 5.91 Å².